The zero-order valence-corrected chi connectivity index (χ0v) is 13.5. The zero-order chi connectivity index (χ0) is 16.0. The van der Waals surface area contributed by atoms with Gasteiger partial charge in [0, 0.05) is 26.8 Å². The molecule has 0 fully saturated rings. The summed E-state index contributed by atoms with van der Waals surface area (Å²) >= 11 is 0. The van der Waals surface area contributed by atoms with Gasteiger partial charge in [-0.05, 0) is 31.0 Å². The second-order valence-electron chi connectivity index (χ2n) is 4.75. The molecule has 0 aliphatic heterocycles. The van der Waals surface area contributed by atoms with E-state index in [1.165, 1.54) is 0 Å². The fourth-order valence-electron chi connectivity index (χ4n) is 1.74. The fraction of sp³-hybridized carbons (Fsp3) is 0.562. The van der Waals surface area contributed by atoms with Crippen LogP contribution in [0.2, 0.25) is 0 Å². The molecule has 3 N–H and O–H groups in total. The Morgan fingerprint density at radius 3 is 2.59 bits per heavy atom. The van der Waals surface area contributed by atoms with Gasteiger partial charge in [0.05, 0.1) is 19.8 Å². The molecule has 6 nitrogen and oxygen atoms in total. The third kappa shape index (κ3) is 8.49. The van der Waals surface area contributed by atoms with Gasteiger partial charge >= 0.3 is 0 Å². The number of phenols is 1. The average Bonchev–Trinajstić information content (AvgIpc) is 2.53. The van der Waals surface area contributed by atoms with Crippen LogP contribution in [0.1, 0.15) is 18.9 Å². The van der Waals surface area contributed by atoms with Gasteiger partial charge in [-0.3, -0.25) is 0 Å². The number of hydrogen-bond acceptors (Lipinski definition) is 4. The number of benzene rings is 1. The van der Waals surface area contributed by atoms with E-state index >= 15 is 0 Å². The predicted molar refractivity (Wildman–Crippen MR) is 88.2 cm³/mol. The van der Waals surface area contributed by atoms with Crippen molar-refractivity contribution in [1.82, 2.24) is 10.6 Å². The summed E-state index contributed by atoms with van der Waals surface area (Å²) in [7, 11) is 1.66. The quantitative estimate of drug-likeness (QED) is 0.347. The minimum absolute atomic E-state index is 0.270. The van der Waals surface area contributed by atoms with Gasteiger partial charge in [0.15, 0.2) is 5.96 Å². The Bertz CT molecular complexity index is 421. The fourth-order valence-corrected chi connectivity index (χ4v) is 1.74. The highest BCUT2D eigenvalue weighted by Crippen LogP contribution is 2.10. The molecule has 0 amide bonds. The standard InChI is InChI=1S/C16H27N3O3/c1-3-17-16(18-9-4-10-22-12-11-21-2)19-13-14-5-7-15(20)8-6-14/h5-8,20H,3-4,9-13H2,1-2H3,(H2,17,18,19). The molecule has 1 rings (SSSR count). The number of aromatic hydroxyl groups is 1. The number of nitrogens with zero attached hydrogens (tertiary/aromatic N) is 1. The summed E-state index contributed by atoms with van der Waals surface area (Å²) in [6.45, 7) is 6.18. The van der Waals surface area contributed by atoms with Crippen LogP contribution >= 0.6 is 0 Å². The first kappa shape index (κ1) is 18.3. The molecule has 0 unspecified atom stereocenters. The number of aliphatic imine (C=N–C) groups is 1. The van der Waals surface area contributed by atoms with E-state index in [9.17, 15) is 5.11 Å². The highest BCUT2D eigenvalue weighted by molar-refractivity contribution is 5.79. The molecule has 0 aromatic heterocycles. The summed E-state index contributed by atoms with van der Waals surface area (Å²) in [5.74, 6) is 1.05. The highest BCUT2D eigenvalue weighted by Gasteiger charge is 1.98. The molecule has 0 heterocycles. The molecule has 0 atom stereocenters. The first-order chi connectivity index (χ1) is 10.8. The van der Waals surface area contributed by atoms with Crippen molar-refractivity contribution in [2.24, 2.45) is 4.99 Å². The lowest BCUT2D eigenvalue weighted by Crippen LogP contribution is -2.38. The van der Waals surface area contributed by atoms with Gasteiger partial charge < -0.3 is 25.2 Å². The van der Waals surface area contributed by atoms with E-state index in [1.54, 1.807) is 19.2 Å². The molecule has 0 spiro atoms. The molecule has 0 saturated carbocycles. The third-order valence-corrected chi connectivity index (χ3v) is 2.89. The number of rotatable bonds is 10. The SMILES string of the molecule is CCNC(=NCc1ccc(O)cc1)NCCCOCCOC. The van der Waals surface area contributed by atoms with E-state index in [0.717, 1.165) is 31.0 Å². The molecule has 0 aliphatic carbocycles. The van der Waals surface area contributed by atoms with Crippen molar-refractivity contribution in [3.05, 3.63) is 29.8 Å². The molecule has 1 aromatic carbocycles. The number of phenolic OH excluding ortho intramolecular Hbond substituents is 1. The molecular weight excluding hydrogens is 282 g/mol. The van der Waals surface area contributed by atoms with Crippen LogP contribution in [0.4, 0.5) is 0 Å². The topological polar surface area (TPSA) is 75.1 Å². The molecule has 22 heavy (non-hydrogen) atoms. The molecule has 1 aromatic rings. The van der Waals surface area contributed by atoms with Crippen molar-refractivity contribution < 1.29 is 14.6 Å². The van der Waals surface area contributed by atoms with E-state index in [-0.39, 0.29) is 5.75 Å². The Kier molecular flexibility index (Phi) is 9.81. The van der Waals surface area contributed by atoms with Gasteiger partial charge in [0.1, 0.15) is 5.75 Å². The predicted octanol–water partition coefficient (Wildman–Crippen LogP) is 1.50. The van der Waals surface area contributed by atoms with Gasteiger partial charge in [-0.25, -0.2) is 4.99 Å². The smallest absolute Gasteiger partial charge is 0.191 e. The molecule has 0 aliphatic rings. The van der Waals surface area contributed by atoms with Crippen LogP contribution in [-0.4, -0.2) is 51.1 Å². The lowest BCUT2D eigenvalue weighted by Gasteiger charge is -2.11. The third-order valence-electron chi connectivity index (χ3n) is 2.89. The van der Waals surface area contributed by atoms with Crippen LogP contribution in [0.15, 0.2) is 29.3 Å². The van der Waals surface area contributed by atoms with Crippen molar-refractivity contribution in [2.75, 3.05) is 40.0 Å². The molecule has 0 saturated heterocycles. The van der Waals surface area contributed by atoms with Gasteiger partial charge in [-0.15, -0.1) is 0 Å². The van der Waals surface area contributed by atoms with Crippen molar-refractivity contribution in [3.8, 4) is 5.75 Å². The Hall–Kier alpha value is -1.79. The van der Waals surface area contributed by atoms with E-state index in [0.29, 0.717) is 26.4 Å². The van der Waals surface area contributed by atoms with Crippen molar-refractivity contribution in [2.45, 2.75) is 19.9 Å². The normalized spacial score (nSPS) is 11.5. The summed E-state index contributed by atoms with van der Waals surface area (Å²) in [5, 5.41) is 15.7. The van der Waals surface area contributed by atoms with Gasteiger partial charge in [0.25, 0.3) is 0 Å². The lowest BCUT2D eigenvalue weighted by atomic mass is 10.2. The summed E-state index contributed by atoms with van der Waals surface area (Å²) in [6.07, 6.45) is 0.910. The zero-order valence-electron chi connectivity index (χ0n) is 13.5. The number of nitrogens with one attached hydrogen (secondary N) is 2. The minimum Gasteiger partial charge on any atom is -0.508 e. The second kappa shape index (κ2) is 11.8. The maximum absolute atomic E-state index is 9.26. The first-order valence-electron chi connectivity index (χ1n) is 7.63. The van der Waals surface area contributed by atoms with Crippen LogP contribution in [0, 0.1) is 0 Å². The van der Waals surface area contributed by atoms with E-state index in [1.807, 2.05) is 19.1 Å². The van der Waals surface area contributed by atoms with Crippen molar-refractivity contribution in [1.29, 1.82) is 0 Å². The molecule has 0 radical (unpaired) electrons. The largest absolute Gasteiger partial charge is 0.508 e. The lowest BCUT2D eigenvalue weighted by molar-refractivity contribution is 0.0698. The summed E-state index contributed by atoms with van der Waals surface area (Å²) < 4.78 is 10.3. The molecule has 6 heteroatoms. The second-order valence-corrected chi connectivity index (χ2v) is 4.75. The number of ether oxygens (including phenoxy) is 2. The maximum atomic E-state index is 9.26. The van der Waals surface area contributed by atoms with Gasteiger partial charge in [-0.2, -0.15) is 0 Å². The van der Waals surface area contributed by atoms with Crippen LogP contribution < -0.4 is 10.6 Å². The van der Waals surface area contributed by atoms with Gasteiger partial charge in [0.2, 0.25) is 0 Å². The first-order valence-corrected chi connectivity index (χ1v) is 7.63. The van der Waals surface area contributed by atoms with E-state index in [4.69, 9.17) is 9.47 Å². The maximum Gasteiger partial charge on any atom is 0.191 e. The van der Waals surface area contributed by atoms with Crippen LogP contribution in [-0.2, 0) is 16.0 Å². The Labute approximate surface area is 132 Å². The van der Waals surface area contributed by atoms with E-state index in [2.05, 4.69) is 15.6 Å². The Morgan fingerprint density at radius 1 is 1.14 bits per heavy atom. The van der Waals surface area contributed by atoms with Crippen LogP contribution in [0.5, 0.6) is 5.75 Å². The number of methoxy groups -OCH3 is 1. The number of guanidine groups is 1. The minimum atomic E-state index is 0.270. The summed E-state index contributed by atoms with van der Waals surface area (Å²) in [5.41, 5.74) is 1.05. The molecular formula is C16H27N3O3. The molecule has 124 valence electrons. The Balaban J connectivity index is 2.28. The summed E-state index contributed by atoms with van der Waals surface area (Å²) in [6, 6.07) is 7.07. The van der Waals surface area contributed by atoms with Crippen LogP contribution in [0.25, 0.3) is 0 Å². The number of hydrogen-bond donors (Lipinski definition) is 3. The molecule has 0 bridgehead atoms. The monoisotopic (exact) mass is 309 g/mol. The van der Waals surface area contributed by atoms with Crippen molar-refractivity contribution >= 4 is 5.96 Å². The van der Waals surface area contributed by atoms with Crippen LogP contribution in [0.3, 0.4) is 0 Å². The highest BCUT2D eigenvalue weighted by atomic mass is 16.5. The summed E-state index contributed by atoms with van der Waals surface area (Å²) in [4.78, 5) is 4.51. The van der Waals surface area contributed by atoms with E-state index < -0.39 is 0 Å². The Morgan fingerprint density at radius 2 is 1.91 bits per heavy atom. The van der Waals surface area contributed by atoms with Crippen molar-refractivity contribution in [3.63, 3.8) is 0 Å². The van der Waals surface area contributed by atoms with Gasteiger partial charge in [-0.1, -0.05) is 12.1 Å². The average molecular weight is 309 g/mol.